The Kier molecular flexibility index (Phi) is 11.7. The number of alkyl halides is 1. The summed E-state index contributed by atoms with van der Waals surface area (Å²) >= 11 is 0. The molecule has 0 fully saturated rings. The predicted molar refractivity (Wildman–Crippen MR) is 93.2 cm³/mol. The van der Waals surface area contributed by atoms with Gasteiger partial charge in [-0.2, -0.15) is 0 Å². The SMILES string of the molecule is CC(CCC(F)NC(=O)O[C@H](OC(=O)C(C)C)C(C)C)CC[PH](=O)O. The van der Waals surface area contributed by atoms with E-state index in [1.165, 1.54) is 0 Å². The molecule has 0 saturated carbocycles. The number of carbonyl (C=O) groups is 2. The second-order valence-electron chi connectivity index (χ2n) is 6.84. The molecule has 0 aliphatic heterocycles. The van der Waals surface area contributed by atoms with Crippen LogP contribution in [0.15, 0.2) is 0 Å². The molecular formula is C16H31FNO6P. The third kappa shape index (κ3) is 11.9. The Bertz CT molecular complexity index is 446. The summed E-state index contributed by atoms with van der Waals surface area (Å²) in [7, 11) is -2.50. The summed E-state index contributed by atoms with van der Waals surface area (Å²) in [6.45, 7) is 8.61. The van der Waals surface area contributed by atoms with Gasteiger partial charge in [0.15, 0.2) is 14.3 Å². The second-order valence-corrected chi connectivity index (χ2v) is 8.12. The van der Waals surface area contributed by atoms with E-state index >= 15 is 0 Å². The van der Waals surface area contributed by atoms with Crippen LogP contribution in [0.4, 0.5) is 9.18 Å². The van der Waals surface area contributed by atoms with Crippen LogP contribution in [0.5, 0.6) is 0 Å². The van der Waals surface area contributed by atoms with Gasteiger partial charge >= 0.3 is 12.1 Å². The average molecular weight is 383 g/mol. The van der Waals surface area contributed by atoms with Gasteiger partial charge in [-0.1, -0.05) is 34.6 Å². The van der Waals surface area contributed by atoms with Gasteiger partial charge in [0.2, 0.25) is 0 Å². The van der Waals surface area contributed by atoms with Gasteiger partial charge in [-0.05, 0) is 25.2 Å². The third-order valence-corrected chi connectivity index (χ3v) is 4.23. The van der Waals surface area contributed by atoms with Crippen LogP contribution in [0.2, 0.25) is 0 Å². The number of amides is 1. The van der Waals surface area contributed by atoms with E-state index in [0.29, 0.717) is 12.8 Å². The lowest BCUT2D eigenvalue weighted by molar-refractivity contribution is -0.178. The fraction of sp³-hybridized carbons (Fsp3) is 0.875. The van der Waals surface area contributed by atoms with Crippen LogP contribution < -0.4 is 5.32 Å². The maximum Gasteiger partial charge on any atom is 0.412 e. The third-order valence-electron chi connectivity index (χ3n) is 3.51. The van der Waals surface area contributed by atoms with Crippen molar-refractivity contribution in [2.45, 2.75) is 66.5 Å². The van der Waals surface area contributed by atoms with E-state index in [1.807, 2.05) is 6.92 Å². The zero-order valence-corrected chi connectivity index (χ0v) is 16.6. The van der Waals surface area contributed by atoms with Crippen molar-refractivity contribution in [1.82, 2.24) is 5.32 Å². The Morgan fingerprint density at radius 2 is 1.68 bits per heavy atom. The number of halogens is 1. The smallest absolute Gasteiger partial charge is 0.412 e. The molecule has 0 radical (unpaired) electrons. The first-order chi connectivity index (χ1) is 11.5. The Morgan fingerprint density at radius 1 is 1.08 bits per heavy atom. The standard InChI is InChI=1S/C16H31FNO6P/c1-10(2)14(19)23-15(11(3)4)24-16(20)18-13(17)7-6-12(5)8-9-25(21)22/h10-13,15,25H,6-9H2,1-5H3,(H,18,20)(H,21,22)/t12?,13?,15-/m0/s1. The van der Waals surface area contributed by atoms with Crippen molar-refractivity contribution in [1.29, 1.82) is 0 Å². The fourth-order valence-electron chi connectivity index (χ4n) is 1.83. The number of ether oxygens (including phenoxy) is 2. The quantitative estimate of drug-likeness (QED) is 0.245. The van der Waals surface area contributed by atoms with E-state index in [4.69, 9.17) is 14.4 Å². The molecule has 0 aromatic rings. The average Bonchev–Trinajstić information content (AvgIpc) is 2.49. The molecule has 0 aromatic heterocycles. The van der Waals surface area contributed by atoms with Crippen LogP contribution in [0.3, 0.4) is 0 Å². The van der Waals surface area contributed by atoms with Crippen LogP contribution in [0.1, 0.15) is 53.9 Å². The zero-order chi connectivity index (χ0) is 19.6. The van der Waals surface area contributed by atoms with Crippen LogP contribution in [0, 0.1) is 17.8 Å². The second kappa shape index (κ2) is 12.3. The normalized spacial score (nSPS) is 16.2. The predicted octanol–water partition coefficient (Wildman–Crippen LogP) is 3.46. The molecule has 0 bridgehead atoms. The lowest BCUT2D eigenvalue weighted by Gasteiger charge is -2.23. The lowest BCUT2D eigenvalue weighted by atomic mass is 10.0. The highest BCUT2D eigenvalue weighted by molar-refractivity contribution is 7.37. The lowest BCUT2D eigenvalue weighted by Crippen LogP contribution is -2.38. The summed E-state index contributed by atoms with van der Waals surface area (Å²) in [6, 6.07) is 0. The first-order valence-corrected chi connectivity index (χ1v) is 10.1. The number of nitrogens with one attached hydrogen (secondary N) is 1. The summed E-state index contributed by atoms with van der Waals surface area (Å²) in [6.07, 6.45) is -2.39. The maximum atomic E-state index is 13.8. The molecule has 0 spiro atoms. The van der Waals surface area contributed by atoms with Gasteiger partial charge in [0.1, 0.15) is 0 Å². The molecule has 148 valence electrons. The van der Waals surface area contributed by atoms with Crippen molar-refractivity contribution in [2.24, 2.45) is 17.8 Å². The molecule has 0 aliphatic rings. The summed E-state index contributed by atoms with van der Waals surface area (Å²) in [5, 5.41) is 2.06. The van der Waals surface area contributed by atoms with Crippen LogP contribution >= 0.6 is 8.03 Å². The minimum Gasteiger partial charge on any atom is -0.425 e. The molecule has 3 unspecified atom stereocenters. The molecule has 0 heterocycles. The largest absolute Gasteiger partial charge is 0.425 e. The van der Waals surface area contributed by atoms with Crippen LogP contribution in [0.25, 0.3) is 0 Å². The zero-order valence-electron chi connectivity index (χ0n) is 15.6. The molecule has 2 N–H and O–H groups in total. The molecule has 0 rings (SSSR count). The first-order valence-electron chi connectivity index (χ1n) is 8.56. The minimum atomic E-state index is -2.50. The van der Waals surface area contributed by atoms with E-state index in [-0.39, 0.29) is 30.3 Å². The van der Waals surface area contributed by atoms with Gasteiger partial charge in [0.05, 0.1) is 5.92 Å². The van der Waals surface area contributed by atoms with Gasteiger partial charge < -0.3 is 14.4 Å². The summed E-state index contributed by atoms with van der Waals surface area (Å²) in [4.78, 5) is 32.1. The highest BCUT2D eigenvalue weighted by Gasteiger charge is 2.25. The minimum absolute atomic E-state index is 0.0702. The van der Waals surface area contributed by atoms with Gasteiger partial charge in [-0.15, -0.1) is 0 Å². The van der Waals surface area contributed by atoms with Crippen LogP contribution in [-0.4, -0.2) is 35.7 Å². The molecule has 25 heavy (non-hydrogen) atoms. The molecule has 9 heteroatoms. The van der Waals surface area contributed by atoms with Crippen molar-refractivity contribution >= 4 is 20.1 Å². The topological polar surface area (TPSA) is 102 Å². The van der Waals surface area contributed by atoms with Crippen molar-refractivity contribution in [3.05, 3.63) is 0 Å². The molecule has 0 aromatic carbocycles. The van der Waals surface area contributed by atoms with Crippen molar-refractivity contribution in [3.63, 3.8) is 0 Å². The van der Waals surface area contributed by atoms with Gasteiger partial charge in [0.25, 0.3) is 6.29 Å². The van der Waals surface area contributed by atoms with Gasteiger partial charge in [-0.25, -0.2) is 9.18 Å². The number of alkyl carbamates (subject to hydrolysis) is 1. The number of hydrogen-bond donors (Lipinski definition) is 2. The molecule has 0 aliphatic carbocycles. The molecule has 4 atom stereocenters. The number of hydrogen-bond acceptors (Lipinski definition) is 5. The van der Waals surface area contributed by atoms with E-state index < -0.39 is 32.7 Å². The number of rotatable bonds is 11. The van der Waals surface area contributed by atoms with E-state index in [1.54, 1.807) is 27.7 Å². The Morgan fingerprint density at radius 3 is 2.16 bits per heavy atom. The molecule has 1 amide bonds. The van der Waals surface area contributed by atoms with E-state index in [2.05, 4.69) is 5.32 Å². The number of esters is 1. The van der Waals surface area contributed by atoms with Crippen molar-refractivity contribution in [2.75, 3.05) is 6.16 Å². The Labute approximate surface area is 149 Å². The fourth-order valence-corrected chi connectivity index (χ4v) is 2.57. The molecular weight excluding hydrogens is 352 g/mol. The van der Waals surface area contributed by atoms with Crippen molar-refractivity contribution in [3.8, 4) is 0 Å². The monoisotopic (exact) mass is 383 g/mol. The Balaban J connectivity index is 4.27. The van der Waals surface area contributed by atoms with Crippen LogP contribution in [-0.2, 0) is 18.8 Å². The van der Waals surface area contributed by atoms with Gasteiger partial charge in [-0.3, -0.25) is 14.7 Å². The van der Waals surface area contributed by atoms with E-state index in [9.17, 15) is 18.5 Å². The Hall–Kier alpha value is -1.14. The van der Waals surface area contributed by atoms with Crippen molar-refractivity contribution < 1.29 is 32.9 Å². The maximum absolute atomic E-state index is 13.8. The molecule has 0 saturated heterocycles. The number of carbonyl (C=O) groups excluding carboxylic acids is 2. The highest BCUT2D eigenvalue weighted by Crippen LogP contribution is 2.21. The summed E-state index contributed by atoms with van der Waals surface area (Å²) in [5.74, 6) is -1.06. The highest BCUT2D eigenvalue weighted by atomic mass is 31.1. The first kappa shape index (κ1) is 23.9. The summed E-state index contributed by atoms with van der Waals surface area (Å²) in [5.41, 5.74) is 0. The van der Waals surface area contributed by atoms with Gasteiger partial charge in [0, 0.05) is 12.1 Å². The molecule has 7 nitrogen and oxygen atoms in total. The van der Waals surface area contributed by atoms with E-state index in [0.717, 1.165) is 0 Å². The summed E-state index contributed by atoms with van der Waals surface area (Å²) < 4.78 is 34.6.